The lowest BCUT2D eigenvalue weighted by Gasteiger charge is -2.19. The smallest absolute Gasteiger partial charge is 0.222 e. The second-order valence-electron chi connectivity index (χ2n) is 8.14. The minimum absolute atomic E-state index is 0.0799. The quantitative estimate of drug-likeness (QED) is 0.364. The van der Waals surface area contributed by atoms with Gasteiger partial charge in [-0.25, -0.2) is 25.9 Å². The highest BCUT2D eigenvalue weighted by atomic mass is 35.5. The number of sulfone groups is 1. The number of nitrogens with zero attached hydrogens (tertiary/aromatic N) is 1. The second-order valence-corrected chi connectivity index (χ2v) is 12.2. The molecule has 0 aliphatic rings. The van der Waals surface area contributed by atoms with Gasteiger partial charge in [0.25, 0.3) is 0 Å². The maximum absolute atomic E-state index is 14.5. The van der Waals surface area contributed by atoms with E-state index in [1.54, 1.807) is 31.2 Å². The SMILES string of the molecule is C[C@H](NS(C)(=O)=O)c1ccc(S(=O)(=O)c2cc3cc(Cl)ccc3n2C(O)c2ccccc2F)cc1. The average molecular weight is 537 g/mol. The van der Waals surface area contributed by atoms with E-state index in [1.165, 1.54) is 48.5 Å². The van der Waals surface area contributed by atoms with Gasteiger partial charge >= 0.3 is 0 Å². The van der Waals surface area contributed by atoms with Crippen LogP contribution < -0.4 is 4.72 Å². The summed E-state index contributed by atoms with van der Waals surface area (Å²) in [6.45, 7) is 1.64. The lowest BCUT2D eigenvalue weighted by Crippen LogP contribution is -2.25. The first-order valence-electron chi connectivity index (χ1n) is 10.4. The maximum atomic E-state index is 14.5. The summed E-state index contributed by atoms with van der Waals surface area (Å²) in [7, 11) is -7.65. The zero-order chi connectivity index (χ0) is 25.5. The van der Waals surface area contributed by atoms with Gasteiger partial charge in [0.2, 0.25) is 19.9 Å². The molecule has 0 radical (unpaired) electrons. The Hall–Kier alpha value is -2.76. The Balaban J connectivity index is 1.84. The summed E-state index contributed by atoms with van der Waals surface area (Å²) in [4.78, 5) is -0.0799. The summed E-state index contributed by atoms with van der Waals surface area (Å²) in [6, 6.07) is 16.8. The molecule has 184 valence electrons. The van der Waals surface area contributed by atoms with Crippen molar-refractivity contribution in [3.05, 3.63) is 94.8 Å². The molecular weight excluding hydrogens is 515 g/mol. The minimum atomic E-state index is -4.19. The molecule has 4 rings (SSSR count). The molecule has 2 atom stereocenters. The van der Waals surface area contributed by atoms with E-state index in [2.05, 4.69) is 4.72 Å². The second kappa shape index (κ2) is 9.36. The van der Waals surface area contributed by atoms with Crippen LogP contribution >= 0.6 is 11.6 Å². The van der Waals surface area contributed by atoms with Crippen molar-refractivity contribution in [3.63, 3.8) is 0 Å². The van der Waals surface area contributed by atoms with Gasteiger partial charge in [0.15, 0.2) is 6.23 Å². The Labute approximate surface area is 207 Å². The molecule has 0 amide bonds. The van der Waals surface area contributed by atoms with E-state index in [1.807, 2.05) is 0 Å². The Kier molecular flexibility index (Phi) is 6.78. The molecule has 4 aromatic rings. The molecule has 1 aromatic heterocycles. The molecule has 0 spiro atoms. The van der Waals surface area contributed by atoms with Crippen molar-refractivity contribution in [1.82, 2.24) is 9.29 Å². The highest BCUT2D eigenvalue weighted by Crippen LogP contribution is 2.34. The van der Waals surface area contributed by atoms with E-state index in [0.717, 1.165) is 10.8 Å². The molecule has 0 bridgehead atoms. The van der Waals surface area contributed by atoms with Crippen molar-refractivity contribution in [3.8, 4) is 0 Å². The Morgan fingerprint density at radius 3 is 2.26 bits per heavy atom. The molecule has 7 nitrogen and oxygen atoms in total. The zero-order valence-electron chi connectivity index (χ0n) is 18.7. The van der Waals surface area contributed by atoms with Gasteiger partial charge in [-0.2, -0.15) is 0 Å². The third-order valence-electron chi connectivity index (χ3n) is 5.55. The third-order valence-corrected chi connectivity index (χ3v) is 8.32. The van der Waals surface area contributed by atoms with Gasteiger partial charge < -0.3 is 9.67 Å². The number of nitrogens with one attached hydrogen (secondary N) is 1. The van der Waals surface area contributed by atoms with Crippen LogP contribution in [0.4, 0.5) is 4.39 Å². The number of fused-ring (bicyclic) bond motifs is 1. The van der Waals surface area contributed by atoms with E-state index in [-0.39, 0.29) is 15.5 Å². The predicted octanol–water partition coefficient (Wildman–Crippen LogP) is 4.42. The minimum Gasteiger partial charge on any atom is -0.369 e. The van der Waals surface area contributed by atoms with Crippen LogP contribution in [0.15, 0.2) is 82.7 Å². The van der Waals surface area contributed by atoms with Gasteiger partial charge in [-0.05, 0) is 55.0 Å². The number of aliphatic hydroxyl groups excluding tert-OH is 1. The van der Waals surface area contributed by atoms with Crippen molar-refractivity contribution >= 4 is 42.4 Å². The van der Waals surface area contributed by atoms with E-state index < -0.39 is 37.9 Å². The lowest BCUT2D eigenvalue weighted by atomic mass is 10.1. The highest BCUT2D eigenvalue weighted by Gasteiger charge is 2.29. The number of halogens is 2. The summed E-state index contributed by atoms with van der Waals surface area (Å²) in [6.07, 6.45) is -0.591. The van der Waals surface area contributed by atoms with Crippen LogP contribution in [0.3, 0.4) is 0 Å². The number of sulfonamides is 1. The van der Waals surface area contributed by atoms with Gasteiger partial charge in [-0.3, -0.25) is 0 Å². The summed E-state index contributed by atoms with van der Waals surface area (Å²) in [5, 5.41) is 11.7. The van der Waals surface area contributed by atoms with E-state index in [4.69, 9.17) is 11.6 Å². The predicted molar refractivity (Wildman–Crippen MR) is 132 cm³/mol. The maximum Gasteiger partial charge on any atom is 0.222 e. The van der Waals surface area contributed by atoms with Crippen LogP contribution in [0, 0.1) is 5.82 Å². The molecular formula is C24H22ClFN2O5S2. The Morgan fingerprint density at radius 2 is 1.63 bits per heavy atom. The lowest BCUT2D eigenvalue weighted by molar-refractivity contribution is 0.137. The highest BCUT2D eigenvalue weighted by molar-refractivity contribution is 7.91. The fourth-order valence-electron chi connectivity index (χ4n) is 3.91. The Morgan fingerprint density at radius 1 is 0.971 bits per heavy atom. The third kappa shape index (κ3) is 5.12. The van der Waals surface area contributed by atoms with Crippen molar-refractivity contribution in [1.29, 1.82) is 0 Å². The first kappa shape index (κ1) is 25.3. The summed E-state index contributed by atoms with van der Waals surface area (Å²) >= 11 is 6.10. The first-order valence-corrected chi connectivity index (χ1v) is 14.2. The van der Waals surface area contributed by atoms with Gasteiger partial charge in [0, 0.05) is 22.0 Å². The molecule has 3 aromatic carbocycles. The molecule has 0 fully saturated rings. The first-order chi connectivity index (χ1) is 16.4. The number of aliphatic hydroxyl groups is 1. The van der Waals surface area contributed by atoms with Crippen LogP contribution in [0.25, 0.3) is 10.9 Å². The molecule has 1 heterocycles. The zero-order valence-corrected chi connectivity index (χ0v) is 21.1. The molecule has 2 N–H and O–H groups in total. The van der Waals surface area contributed by atoms with Crippen LogP contribution in [0.2, 0.25) is 5.02 Å². The topological polar surface area (TPSA) is 105 Å². The van der Waals surface area contributed by atoms with Gasteiger partial charge in [0.05, 0.1) is 16.7 Å². The summed E-state index contributed by atoms with van der Waals surface area (Å²) in [5.41, 5.74) is 0.826. The monoisotopic (exact) mass is 536 g/mol. The molecule has 35 heavy (non-hydrogen) atoms. The normalized spacial score (nSPS) is 14.2. The number of rotatable bonds is 7. The van der Waals surface area contributed by atoms with Crippen molar-refractivity contribution in [2.75, 3.05) is 6.26 Å². The van der Waals surface area contributed by atoms with Crippen LogP contribution in [-0.4, -0.2) is 32.8 Å². The van der Waals surface area contributed by atoms with E-state index in [0.29, 0.717) is 21.5 Å². The van der Waals surface area contributed by atoms with Crippen LogP contribution in [-0.2, 0) is 19.9 Å². The fraction of sp³-hybridized carbons (Fsp3) is 0.167. The molecule has 0 saturated heterocycles. The van der Waals surface area contributed by atoms with Crippen molar-refractivity contribution < 1.29 is 26.3 Å². The number of aromatic nitrogens is 1. The van der Waals surface area contributed by atoms with Crippen molar-refractivity contribution in [2.24, 2.45) is 0 Å². The van der Waals surface area contributed by atoms with Gasteiger partial charge in [-0.1, -0.05) is 41.9 Å². The molecule has 0 saturated carbocycles. The average Bonchev–Trinajstić information content (AvgIpc) is 3.17. The summed E-state index contributed by atoms with van der Waals surface area (Å²) < 4.78 is 68.4. The van der Waals surface area contributed by atoms with E-state index >= 15 is 0 Å². The molecule has 0 aliphatic carbocycles. The largest absolute Gasteiger partial charge is 0.369 e. The van der Waals surface area contributed by atoms with Crippen LogP contribution in [0.1, 0.15) is 30.3 Å². The fourth-order valence-corrected chi connectivity index (χ4v) is 6.34. The van der Waals surface area contributed by atoms with E-state index in [9.17, 15) is 26.3 Å². The van der Waals surface area contributed by atoms with Gasteiger partial charge in [0.1, 0.15) is 10.8 Å². The number of hydrogen-bond acceptors (Lipinski definition) is 5. The molecule has 1 unspecified atom stereocenters. The standard InChI is InChI=1S/C24H22ClFN2O5S2/c1-15(27-34(2,30)31)16-7-10-19(11-8-16)35(32,33)23-14-17-13-18(25)9-12-22(17)28(23)24(29)20-5-3-4-6-21(20)26/h3-15,24,27,29H,1-2H3/t15-,24?/m0/s1. The summed E-state index contributed by atoms with van der Waals surface area (Å²) in [5.74, 6) is -0.684. The number of hydrogen-bond donors (Lipinski definition) is 2. The molecule has 0 aliphatic heterocycles. The number of benzene rings is 3. The van der Waals surface area contributed by atoms with Crippen molar-refractivity contribution in [2.45, 2.75) is 29.1 Å². The van der Waals surface area contributed by atoms with Gasteiger partial charge in [-0.15, -0.1) is 0 Å². The Bertz CT molecular complexity index is 1620. The molecule has 11 heteroatoms. The van der Waals surface area contributed by atoms with Crippen LogP contribution in [0.5, 0.6) is 0 Å².